The number of benzene rings is 1. The number of nitrogens with zero attached hydrogens (tertiary/aromatic N) is 3. The average Bonchev–Trinajstić information content (AvgIpc) is 3.54. The second kappa shape index (κ2) is 8.87. The molecule has 3 aromatic rings. The molecule has 1 N–H and O–H groups in total. The Labute approximate surface area is 197 Å². The third-order valence-electron chi connectivity index (χ3n) is 6.42. The number of aromatic amines is 1. The van der Waals surface area contributed by atoms with Crippen LogP contribution in [0, 0.1) is 6.92 Å². The van der Waals surface area contributed by atoms with Gasteiger partial charge in [0.05, 0.1) is 23.9 Å². The summed E-state index contributed by atoms with van der Waals surface area (Å²) < 4.78 is 8.77. The second-order valence-electron chi connectivity index (χ2n) is 8.64. The highest BCUT2D eigenvalue weighted by atomic mass is 16.5. The molecule has 2 aliphatic heterocycles. The lowest BCUT2D eigenvalue weighted by atomic mass is 10.1. The first kappa shape index (κ1) is 22.0. The summed E-state index contributed by atoms with van der Waals surface area (Å²) in [5.74, 6) is -0.885. The zero-order chi connectivity index (χ0) is 23.8. The highest BCUT2D eigenvalue weighted by Crippen LogP contribution is 2.31. The fourth-order valence-corrected chi connectivity index (χ4v) is 4.66. The molecule has 34 heavy (non-hydrogen) atoms. The largest absolute Gasteiger partial charge is 0.376 e. The van der Waals surface area contributed by atoms with Crippen molar-refractivity contribution in [2.75, 3.05) is 13.2 Å². The fraction of sp³-hybridized carbons (Fsp3) is 0.308. The first-order valence-corrected chi connectivity index (χ1v) is 11.6. The highest BCUT2D eigenvalue weighted by molar-refractivity contribution is 6.44. The number of para-hydroxylation sites is 1. The molecule has 0 bridgehead atoms. The van der Waals surface area contributed by atoms with Crippen molar-refractivity contribution in [1.82, 2.24) is 14.7 Å². The van der Waals surface area contributed by atoms with Gasteiger partial charge in [0, 0.05) is 23.9 Å². The Morgan fingerprint density at radius 2 is 1.88 bits per heavy atom. The van der Waals surface area contributed by atoms with Gasteiger partial charge in [0.25, 0.3) is 17.2 Å². The molecule has 0 saturated carbocycles. The van der Waals surface area contributed by atoms with E-state index in [0.717, 1.165) is 24.8 Å². The topological polar surface area (TPSA) is 88.3 Å². The minimum absolute atomic E-state index is 0.120. The lowest BCUT2D eigenvalue weighted by Crippen LogP contribution is -2.42. The predicted octanol–water partition coefficient (Wildman–Crippen LogP) is 2.24. The summed E-state index contributed by atoms with van der Waals surface area (Å²) in [6, 6.07) is 13.0. The lowest BCUT2D eigenvalue weighted by Gasteiger charge is -2.18. The second-order valence-corrected chi connectivity index (χ2v) is 8.64. The van der Waals surface area contributed by atoms with Gasteiger partial charge < -0.3 is 4.74 Å². The molecule has 1 atom stereocenters. The van der Waals surface area contributed by atoms with Crippen LogP contribution in [0.4, 0.5) is 0 Å². The van der Waals surface area contributed by atoms with Crippen LogP contribution in [-0.2, 0) is 20.7 Å². The zero-order valence-electron chi connectivity index (χ0n) is 19.3. The average molecular weight is 460 g/mol. The van der Waals surface area contributed by atoms with Gasteiger partial charge in [-0.05, 0) is 44.4 Å². The minimum Gasteiger partial charge on any atom is -0.376 e. The fourth-order valence-electron chi connectivity index (χ4n) is 4.66. The molecule has 0 aliphatic carbocycles. The van der Waals surface area contributed by atoms with E-state index < -0.39 is 11.8 Å². The maximum Gasteiger partial charge on any atom is 0.327 e. The molecule has 1 saturated heterocycles. The molecule has 2 aromatic heterocycles. The quantitative estimate of drug-likeness (QED) is 0.452. The zero-order valence-corrected chi connectivity index (χ0v) is 19.3. The number of nitrogens with one attached hydrogen (secondary N) is 1. The monoisotopic (exact) mass is 459 g/mol. The predicted molar refractivity (Wildman–Crippen MR) is 126 cm³/mol. The number of pyridine rings is 1. The molecule has 1 unspecified atom stereocenters. The molecule has 8 nitrogen and oxygen atoms in total. The Hall–Kier alpha value is -3.78. The summed E-state index contributed by atoms with van der Waals surface area (Å²) in [5.41, 5.74) is 2.34. The van der Waals surface area contributed by atoms with Gasteiger partial charge in [0.2, 0.25) is 0 Å². The third kappa shape index (κ3) is 3.70. The van der Waals surface area contributed by atoms with Crippen molar-refractivity contribution in [1.29, 1.82) is 0 Å². The van der Waals surface area contributed by atoms with Crippen LogP contribution in [0.3, 0.4) is 0 Å². The van der Waals surface area contributed by atoms with Gasteiger partial charge in [-0.25, -0.2) is 4.68 Å². The lowest BCUT2D eigenvalue weighted by molar-refractivity contribution is -0.577. The number of hydrogen-bond donors (Lipinski definition) is 1. The number of ether oxygens (including phenoxy) is 1. The van der Waals surface area contributed by atoms with Gasteiger partial charge in [-0.1, -0.05) is 25.1 Å². The van der Waals surface area contributed by atoms with E-state index in [1.807, 2.05) is 43.5 Å². The number of rotatable bonds is 6. The standard InChI is InChI=1S/C26H26N4O4/c1-3-18-9-7-13-28(15-18)23-22(24(31)29(26(23)33)16-20-12-8-14-34-20)21-17(2)27-30(25(21)32)19-10-5-4-6-11-19/h4-7,9-11,13,15,20H,3,8,12,14,16H2,1-2H3/p+1. The molecular weight excluding hydrogens is 432 g/mol. The molecule has 8 heteroatoms. The van der Waals surface area contributed by atoms with Crippen molar-refractivity contribution < 1.29 is 18.9 Å². The molecule has 1 fully saturated rings. The minimum atomic E-state index is -0.468. The van der Waals surface area contributed by atoms with Crippen molar-refractivity contribution in [2.24, 2.45) is 0 Å². The number of amides is 2. The summed E-state index contributed by atoms with van der Waals surface area (Å²) in [7, 11) is 0. The van der Waals surface area contributed by atoms with E-state index >= 15 is 0 Å². The molecule has 174 valence electrons. The van der Waals surface area contributed by atoms with Gasteiger partial charge in [-0.2, -0.15) is 4.57 Å². The Morgan fingerprint density at radius 1 is 1.09 bits per heavy atom. The number of hydrogen-bond acceptors (Lipinski definition) is 4. The van der Waals surface area contributed by atoms with Crippen LogP contribution in [0.5, 0.6) is 0 Å². The van der Waals surface area contributed by atoms with E-state index in [1.54, 1.807) is 29.8 Å². The van der Waals surface area contributed by atoms with Gasteiger partial charge in [0.1, 0.15) is 5.57 Å². The van der Waals surface area contributed by atoms with Crippen molar-refractivity contribution >= 4 is 23.1 Å². The molecule has 0 spiro atoms. The van der Waals surface area contributed by atoms with Crippen molar-refractivity contribution in [2.45, 2.75) is 39.2 Å². The van der Waals surface area contributed by atoms with Gasteiger partial charge in [-0.3, -0.25) is 24.4 Å². The Bertz CT molecular complexity index is 1350. The third-order valence-corrected chi connectivity index (χ3v) is 6.42. The number of imide groups is 1. The van der Waals surface area contributed by atoms with Gasteiger partial charge in [-0.15, -0.1) is 0 Å². The van der Waals surface area contributed by atoms with Crippen LogP contribution in [0.15, 0.2) is 59.7 Å². The van der Waals surface area contributed by atoms with Crippen LogP contribution in [0.2, 0.25) is 0 Å². The first-order valence-electron chi connectivity index (χ1n) is 11.6. The van der Waals surface area contributed by atoms with Crippen molar-refractivity contribution in [3.8, 4) is 5.69 Å². The van der Waals surface area contributed by atoms with Crippen LogP contribution in [0.1, 0.15) is 36.6 Å². The number of H-pyrrole nitrogens is 1. The molecule has 2 amide bonds. The van der Waals surface area contributed by atoms with E-state index in [4.69, 9.17) is 4.74 Å². The maximum atomic E-state index is 13.7. The first-order chi connectivity index (χ1) is 16.5. The number of carbonyl (C=O) groups is 2. The molecule has 0 radical (unpaired) electrons. The van der Waals surface area contributed by atoms with E-state index in [2.05, 4.69) is 5.10 Å². The number of aromatic nitrogens is 3. The number of aryl methyl sites for hydroxylation is 2. The van der Waals surface area contributed by atoms with Crippen molar-refractivity contribution in [3.05, 3.63) is 82.0 Å². The molecule has 1 aromatic carbocycles. The summed E-state index contributed by atoms with van der Waals surface area (Å²) in [6.07, 6.45) is 5.87. The molecule has 4 heterocycles. The number of carbonyl (C=O) groups excluding carboxylic acids is 2. The van der Waals surface area contributed by atoms with Crippen LogP contribution in [0.25, 0.3) is 17.0 Å². The maximum absolute atomic E-state index is 13.7. The van der Waals surface area contributed by atoms with E-state index in [-0.39, 0.29) is 35.0 Å². The van der Waals surface area contributed by atoms with E-state index in [0.29, 0.717) is 18.0 Å². The Kier molecular flexibility index (Phi) is 5.75. The summed E-state index contributed by atoms with van der Waals surface area (Å²) >= 11 is 0. The molecule has 5 rings (SSSR count). The normalized spacial score (nSPS) is 18.4. The SMILES string of the molecule is CCc1ccc[n+](C2=C(c3c(C)[nH]n(-c4ccccc4)c3=O)C(=O)N(CC3CCCO3)C2=O)c1. The summed E-state index contributed by atoms with van der Waals surface area (Å²) in [6.45, 7) is 4.57. The van der Waals surface area contributed by atoms with E-state index in [1.165, 1.54) is 9.58 Å². The summed E-state index contributed by atoms with van der Waals surface area (Å²) in [4.78, 5) is 42.1. The molecule has 2 aliphatic rings. The highest BCUT2D eigenvalue weighted by Gasteiger charge is 2.48. The van der Waals surface area contributed by atoms with E-state index in [9.17, 15) is 14.4 Å². The van der Waals surface area contributed by atoms with Crippen LogP contribution < -0.4 is 10.1 Å². The smallest absolute Gasteiger partial charge is 0.327 e. The van der Waals surface area contributed by atoms with Crippen molar-refractivity contribution in [3.63, 3.8) is 0 Å². The van der Waals surface area contributed by atoms with Gasteiger partial charge >= 0.3 is 5.91 Å². The Balaban J connectivity index is 1.68. The molecular formula is C26H27N4O4+. The van der Waals surface area contributed by atoms with Crippen LogP contribution in [-0.4, -0.2) is 45.8 Å². The van der Waals surface area contributed by atoms with Crippen LogP contribution >= 0.6 is 0 Å². The van der Waals surface area contributed by atoms with Gasteiger partial charge in [0.15, 0.2) is 12.4 Å². The Morgan fingerprint density at radius 3 is 2.59 bits per heavy atom. The summed E-state index contributed by atoms with van der Waals surface area (Å²) in [5, 5.41) is 3.08.